The number of nitro groups is 1. The fourth-order valence-corrected chi connectivity index (χ4v) is 8.90. The summed E-state index contributed by atoms with van der Waals surface area (Å²) < 4.78 is 43.2. The Bertz CT molecular complexity index is 2310. The third kappa shape index (κ3) is 9.66. The van der Waals surface area contributed by atoms with Gasteiger partial charge in [0, 0.05) is 24.7 Å². The summed E-state index contributed by atoms with van der Waals surface area (Å²) in [6.07, 6.45) is 0.881. The fraction of sp³-hybridized carbons (Fsp3) is 0.381. The van der Waals surface area contributed by atoms with E-state index in [4.69, 9.17) is 28.0 Å². The zero-order chi connectivity index (χ0) is 43.0. The van der Waals surface area contributed by atoms with Gasteiger partial charge in [0.1, 0.15) is 35.6 Å². The number of imidazole rings is 1. The van der Waals surface area contributed by atoms with Crippen LogP contribution >= 0.6 is 8.53 Å². The van der Waals surface area contributed by atoms with Crippen LogP contribution in [0, 0.1) is 21.4 Å². The van der Waals surface area contributed by atoms with Gasteiger partial charge in [-0.3, -0.25) is 14.3 Å². The number of nitriles is 1. The lowest BCUT2D eigenvalue weighted by atomic mass is 9.80. The summed E-state index contributed by atoms with van der Waals surface area (Å²) in [4.78, 5) is 43.6. The molecule has 6 rings (SSSR count). The molecule has 1 aliphatic heterocycles. The number of hydrogen-bond donors (Lipinski definition) is 1. The Morgan fingerprint density at radius 1 is 0.967 bits per heavy atom. The molecule has 3 aromatic carbocycles. The molecule has 4 atom stereocenters. The molecule has 5 aromatic rings. The summed E-state index contributed by atoms with van der Waals surface area (Å²) in [6.45, 7) is 8.10. The first-order valence-corrected chi connectivity index (χ1v) is 20.4. The summed E-state index contributed by atoms with van der Waals surface area (Å²) >= 11 is 0. The topological polar surface area (TPSA) is 198 Å². The van der Waals surface area contributed by atoms with Gasteiger partial charge in [0.25, 0.3) is 14.1 Å². The van der Waals surface area contributed by atoms with Gasteiger partial charge >= 0.3 is 11.5 Å². The van der Waals surface area contributed by atoms with Crippen molar-refractivity contribution < 1.29 is 32.9 Å². The van der Waals surface area contributed by atoms with Gasteiger partial charge in [-0.1, -0.05) is 54.6 Å². The van der Waals surface area contributed by atoms with E-state index in [0.717, 1.165) is 16.7 Å². The van der Waals surface area contributed by atoms with Crippen molar-refractivity contribution in [3.05, 3.63) is 151 Å². The van der Waals surface area contributed by atoms with E-state index >= 15 is 0 Å². The van der Waals surface area contributed by atoms with Gasteiger partial charge < -0.3 is 42.7 Å². The highest BCUT2D eigenvalue weighted by atomic mass is 31.2. The maximum atomic E-state index is 13.6. The Labute approximate surface area is 348 Å². The maximum absolute atomic E-state index is 13.6. The van der Waals surface area contributed by atoms with Crippen LogP contribution in [0.3, 0.4) is 0 Å². The highest BCUT2D eigenvalue weighted by molar-refractivity contribution is 7.44. The van der Waals surface area contributed by atoms with Gasteiger partial charge in [-0.15, -0.1) is 0 Å². The lowest BCUT2D eigenvalue weighted by Gasteiger charge is -2.40. The zero-order valence-electron chi connectivity index (χ0n) is 34.2. The number of aromatic nitrogens is 4. The molecule has 1 saturated heterocycles. The SMILES string of the molecule is COc1ccc(C(O[C@H]2O[C@@H](n3cc(Cn4cnc([N+](=O)[O-])c4)c(=O)[nH]c3=O)CC2OP(OCCC#N)N(C(C)C)C(C)C)(c2ccccc2)c2ccc(OC)cc2)cc1. The van der Waals surface area contributed by atoms with Crippen LogP contribution in [0.5, 0.6) is 11.5 Å². The predicted octanol–water partition coefficient (Wildman–Crippen LogP) is 6.62. The van der Waals surface area contributed by atoms with Gasteiger partial charge in [-0.2, -0.15) is 5.26 Å². The standard InChI is InChI=1S/C42H48N7O10P/c1-28(2)48(29(3)4)60(56-22-10-21-43)59-36-23-38(47-25-30(39(50)45-41(47)51)24-46-26-37(44-27-46)49(52)53)57-40(36)58-42(31-11-8-7-9-12-31,32-13-17-34(54-5)18-14-32)33-15-19-35(55-6)20-16-33/h7-9,11-20,25-29,36,38,40H,10,22-24H2,1-6H3,(H,45,50,51)/t36?,38-,40-,60?/m1/s1. The Morgan fingerprint density at radius 2 is 1.57 bits per heavy atom. The molecule has 3 heterocycles. The molecule has 1 fully saturated rings. The van der Waals surface area contributed by atoms with Crippen LogP contribution in [0.25, 0.3) is 0 Å². The van der Waals surface area contributed by atoms with E-state index in [9.17, 15) is 25.0 Å². The lowest BCUT2D eigenvalue weighted by Crippen LogP contribution is -2.42. The fourth-order valence-electron chi connectivity index (χ4n) is 7.18. The quantitative estimate of drug-likeness (QED) is 0.0306. The van der Waals surface area contributed by atoms with E-state index in [1.54, 1.807) is 14.2 Å². The number of benzene rings is 3. The smallest absolute Gasteiger partial charge is 0.381 e. The van der Waals surface area contributed by atoms with E-state index in [1.807, 2.05) is 107 Å². The lowest BCUT2D eigenvalue weighted by molar-refractivity contribution is -0.389. The molecule has 2 aromatic heterocycles. The second-order valence-corrected chi connectivity index (χ2v) is 15.9. The van der Waals surface area contributed by atoms with E-state index in [2.05, 4.69) is 20.7 Å². The van der Waals surface area contributed by atoms with Gasteiger partial charge in [-0.05, 0) is 78.6 Å². The van der Waals surface area contributed by atoms with E-state index in [0.29, 0.717) is 11.5 Å². The second kappa shape index (κ2) is 19.6. The van der Waals surface area contributed by atoms with Crippen LogP contribution < -0.4 is 20.7 Å². The van der Waals surface area contributed by atoms with Gasteiger partial charge in [0.2, 0.25) is 6.33 Å². The number of methoxy groups -OCH3 is 2. The normalized spacial score (nSPS) is 17.2. The largest absolute Gasteiger partial charge is 0.497 e. The van der Waals surface area contributed by atoms with Crippen molar-refractivity contribution in [3.63, 3.8) is 0 Å². The van der Waals surface area contributed by atoms with Crippen molar-refractivity contribution in [1.82, 2.24) is 23.8 Å². The first-order chi connectivity index (χ1) is 28.9. The molecule has 18 heteroatoms. The number of rotatable bonds is 19. The minimum atomic E-state index is -1.83. The van der Waals surface area contributed by atoms with E-state index in [-0.39, 0.29) is 49.5 Å². The molecule has 0 saturated carbocycles. The Morgan fingerprint density at radius 3 is 2.10 bits per heavy atom. The van der Waals surface area contributed by atoms with Crippen LogP contribution in [-0.4, -0.2) is 74.0 Å². The van der Waals surface area contributed by atoms with Crippen LogP contribution in [0.15, 0.2) is 107 Å². The van der Waals surface area contributed by atoms with Gasteiger partial charge in [0.15, 0.2) is 6.29 Å². The molecule has 2 unspecified atom stereocenters. The average molecular weight is 842 g/mol. The maximum Gasteiger partial charge on any atom is 0.381 e. The summed E-state index contributed by atoms with van der Waals surface area (Å²) in [5.41, 5.74) is -0.463. The average Bonchev–Trinajstić information content (AvgIpc) is 3.88. The highest BCUT2D eigenvalue weighted by Crippen LogP contribution is 2.52. The van der Waals surface area contributed by atoms with Crippen molar-refractivity contribution >= 4 is 14.3 Å². The molecule has 60 heavy (non-hydrogen) atoms. The van der Waals surface area contributed by atoms with Crippen LogP contribution in [0.1, 0.15) is 69.0 Å². The van der Waals surface area contributed by atoms with Crippen molar-refractivity contribution in [3.8, 4) is 17.6 Å². The van der Waals surface area contributed by atoms with Crippen LogP contribution in [-0.2, 0) is 30.7 Å². The molecule has 0 bridgehead atoms. The summed E-state index contributed by atoms with van der Waals surface area (Å²) in [5.74, 6) is 0.879. The van der Waals surface area contributed by atoms with Crippen LogP contribution in [0.2, 0.25) is 0 Å². The number of nitrogens with zero attached hydrogens (tertiary/aromatic N) is 6. The highest BCUT2D eigenvalue weighted by Gasteiger charge is 2.49. The molecule has 0 radical (unpaired) electrons. The van der Waals surface area contributed by atoms with Gasteiger partial charge in [-0.25, -0.2) is 9.46 Å². The van der Waals surface area contributed by atoms with Crippen molar-refractivity contribution in [1.29, 1.82) is 5.26 Å². The zero-order valence-corrected chi connectivity index (χ0v) is 35.1. The van der Waals surface area contributed by atoms with Crippen molar-refractivity contribution in [2.45, 2.75) is 83.4 Å². The van der Waals surface area contributed by atoms with Crippen LogP contribution in [0.4, 0.5) is 5.82 Å². The molecule has 1 aliphatic rings. The minimum absolute atomic E-state index is 0.0268. The number of nitrogens with one attached hydrogen (secondary N) is 1. The molecule has 0 aliphatic carbocycles. The first kappa shape index (κ1) is 43.8. The minimum Gasteiger partial charge on any atom is -0.497 e. The second-order valence-electron chi connectivity index (χ2n) is 14.5. The number of ether oxygens (including phenoxy) is 4. The molecule has 0 amide bonds. The summed E-state index contributed by atoms with van der Waals surface area (Å²) in [7, 11) is 1.34. The van der Waals surface area contributed by atoms with E-state index < -0.39 is 48.9 Å². The molecule has 17 nitrogen and oxygen atoms in total. The van der Waals surface area contributed by atoms with Crippen molar-refractivity contribution in [2.24, 2.45) is 0 Å². The monoisotopic (exact) mass is 841 g/mol. The summed E-state index contributed by atoms with van der Waals surface area (Å²) in [6, 6.07) is 26.7. The third-order valence-electron chi connectivity index (χ3n) is 9.89. The van der Waals surface area contributed by atoms with E-state index in [1.165, 1.54) is 27.9 Å². The summed E-state index contributed by atoms with van der Waals surface area (Å²) in [5, 5.41) is 20.7. The first-order valence-electron chi connectivity index (χ1n) is 19.3. The van der Waals surface area contributed by atoms with Gasteiger partial charge in [0.05, 0.1) is 45.4 Å². The van der Waals surface area contributed by atoms with Crippen molar-refractivity contribution in [2.75, 3.05) is 20.8 Å². The molecular formula is C42H48N7O10P. The molecule has 0 spiro atoms. The Hall–Kier alpha value is -5.73. The number of H-pyrrole nitrogens is 1. The third-order valence-corrected chi connectivity index (χ3v) is 12.0. The Kier molecular flexibility index (Phi) is 14.3. The molecule has 316 valence electrons. The predicted molar refractivity (Wildman–Crippen MR) is 221 cm³/mol. The molecule has 1 N–H and O–H groups in total. The number of hydrogen-bond acceptors (Lipinski definition) is 13. The Balaban J connectivity index is 1.50. The molecular weight excluding hydrogens is 793 g/mol. The number of aromatic amines is 1.